The Bertz CT molecular complexity index is 165. The van der Waals surface area contributed by atoms with Crippen molar-refractivity contribution in [3.05, 3.63) is 0 Å². The maximum atomic E-state index is 5.06. The lowest BCUT2D eigenvalue weighted by Crippen LogP contribution is -1.88. The van der Waals surface area contributed by atoms with Gasteiger partial charge in [-0.15, -0.1) is 0 Å². The molecule has 0 fully saturated rings. The lowest BCUT2D eigenvalue weighted by molar-refractivity contribution is 0.192. The van der Waals surface area contributed by atoms with E-state index >= 15 is 0 Å². The molecular formula is C19H40O. The zero-order valence-corrected chi connectivity index (χ0v) is 14.6. The van der Waals surface area contributed by atoms with Crippen molar-refractivity contribution in [2.24, 2.45) is 5.92 Å². The number of hydrogen-bond acceptors (Lipinski definition) is 1. The largest absolute Gasteiger partial charge is 0.385 e. The van der Waals surface area contributed by atoms with Crippen LogP contribution < -0.4 is 0 Å². The topological polar surface area (TPSA) is 9.23 Å². The van der Waals surface area contributed by atoms with Gasteiger partial charge < -0.3 is 4.74 Å². The fourth-order valence-electron chi connectivity index (χ4n) is 2.74. The van der Waals surface area contributed by atoms with E-state index in [1.807, 2.05) is 0 Å². The third-order valence-electron chi connectivity index (χ3n) is 4.13. The van der Waals surface area contributed by atoms with Gasteiger partial charge in [-0.25, -0.2) is 0 Å². The lowest BCUT2D eigenvalue weighted by atomic mass is 10.0. The van der Waals surface area contributed by atoms with Crippen molar-refractivity contribution >= 4 is 0 Å². The zero-order valence-electron chi connectivity index (χ0n) is 14.6. The molecule has 0 aliphatic carbocycles. The first-order valence-electron chi connectivity index (χ1n) is 9.26. The fourth-order valence-corrected chi connectivity index (χ4v) is 2.74. The predicted octanol–water partition coefficient (Wildman–Crippen LogP) is 6.75. The van der Waals surface area contributed by atoms with Gasteiger partial charge in [-0.1, -0.05) is 97.3 Å². The van der Waals surface area contributed by atoms with Crippen LogP contribution in [0.15, 0.2) is 0 Å². The van der Waals surface area contributed by atoms with Crippen LogP contribution in [0.2, 0.25) is 0 Å². The summed E-state index contributed by atoms with van der Waals surface area (Å²) in [6.45, 7) is 5.60. The van der Waals surface area contributed by atoms with Crippen LogP contribution in [0.1, 0.15) is 104 Å². The Labute approximate surface area is 128 Å². The molecule has 0 saturated heterocycles. The molecule has 0 heterocycles. The van der Waals surface area contributed by atoms with E-state index in [0.717, 1.165) is 12.5 Å². The second-order valence-electron chi connectivity index (χ2n) is 6.77. The van der Waals surface area contributed by atoms with E-state index in [1.54, 1.807) is 7.11 Å². The van der Waals surface area contributed by atoms with Crippen molar-refractivity contribution < 1.29 is 4.74 Å². The fraction of sp³-hybridized carbons (Fsp3) is 1.00. The van der Waals surface area contributed by atoms with Gasteiger partial charge in [-0.2, -0.15) is 0 Å². The number of methoxy groups -OCH3 is 1. The van der Waals surface area contributed by atoms with Crippen molar-refractivity contribution in [2.45, 2.75) is 104 Å². The highest BCUT2D eigenvalue weighted by Crippen LogP contribution is 2.14. The van der Waals surface area contributed by atoms with Crippen molar-refractivity contribution in [2.75, 3.05) is 13.7 Å². The molecule has 122 valence electrons. The summed E-state index contributed by atoms with van der Waals surface area (Å²) < 4.78 is 5.06. The Kier molecular flexibility index (Phi) is 17.0. The molecule has 0 bridgehead atoms. The third kappa shape index (κ3) is 18.0. The number of hydrogen-bond donors (Lipinski definition) is 0. The highest BCUT2D eigenvalue weighted by Gasteiger charge is 1.95. The van der Waals surface area contributed by atoms with Crippen LogP contribution in [0.5, 0.6) is 0 Å². The molecule has 0 N–H and O–H groups in total. The second-order valence-corrected chi connectivity index (χ2v) is 6.77. The van der Waals surface area contributed by atoms with Crippen molar-refractivity contribution in [3.63, 3.8) is 0 Å². The van der Waals surface area contributed by atoms with E-state index < -0.39 is 0 Å². The van der Waals surface area contributed by atoms with E-state index in [0.29, 0.717) is 0 Å². The van der Waals surface area contributed by atoms with Crippen LogP contribution in [0.25, 0.3) is 0 Å². The molecule has 20 heavy (non-hydrogen) atoms. The van der Waals surface area contributed by atoms with Gasteiger partial charge in [0, 0.05) is 13.7 Å². The van der Waals surface area contributed by atoms with Gasteiger partial charge in [0.25, 0.3) is 0 Å². The predicted molar refractivity (Wildman–Crippen MR) is 91.4 cm³/mol. The molecule has 0 saturated carbocycles. The minimum atomic E-state index is 0.893. The van der Waals surface area contributed by atoms with E-state index in [2.05, 4.69) is 13.8 Å². The molecule has 0 rings (SSSR count). The smallest absolute Gasteiger partial charge is 0.0462 e. The van der Waals surface area contributed by atoms with Crippen molar-refractivity contribution in [3.8, 4) is 0 Å². The van der Waals surface area contributed by atoms with E-state index in [4.69, 9.17) is 4.74 Å². The molecule has 1 nitrogen and oxygen atoms in total. The first-order valence-corrected chi connectivity index (χ1v) is 9.26. The minimum Gasteiger partial charge on any atom is -0.385 e. The van der Waals surface area contributed by atoms with Gasteiger partial charge in [0.1, 0.15) is 0 Å². The zero-order chi connectivity index (χ0) is 14.9. The van der Waals surface area contributed by atoms with Crippen molar-refractivity contribution in [1.29, 1.82) is 0 Å². The second kappa shape index (κ2) is 17.0. The summed E-state index contributed by atoms with van der Waals surface area (Å²) in [6, 6.07) is 0. The molecular weight excluding hydrogens is 244 g/mol. The molecule has 0 atom stereocenters. The maximum Gasteiger partial charge on any atom is 0.0462 e. The summed E-state index contributed by atoms with van der Waals surface area (Å²) in [6.07, 6.45) is 20.0. The summed E-state index contributed by atoms with van der Waals surface area (Å²) in [4.78, 5) is 0. The maximum absolute atomic E-state index is 5.06. The SMILES string of the molecule is COCCCCCCCCCCCCCCCC(C)C. The molecule has 0 aromatic rings. The van der Waals surface area contributed by atoms with Crippen LogP contribution in [0, 0.1) is 5.92 Å². The standard InChI is InChI=1S/C19H40O/c1-19(2)17-15-13-11-9-7-5-4-6-8-10-12-14-16-18-20-3/h19H,4-18H2,1-3H3. The Morgan fingerprint density at radius 2 is 0.900 bits per heavy atom. The van der Waals surface area contributed by atoms with Gasteiger partial charge in [-0.05, 0) is 12.3 Å². The minimum absolute atomic E-state index is 0.893. The summed E-state index contributed by atoms with van der Waals surface area (Å²) in [5.41, 5.74) is 0. The molecule has 0 aromatic carbocycles. The van der Waals surface area contributed by atoms with E-state index in [9.17, 15) is 0 Å². The Balaban J connectivity index is 2.92. The average molecular weight is 285 g/mol. The highest BCUT2D eigenvalue weighted by molar-refractivity contribution is 4.50. The van der Waals surface area contributed by atoms with Crippen molar-refractivity contribution in [1.82, 2.24) is 0 Å². The molecule has 0 aromatic heterocycles. The van der Waals surface area contributed by atoms with Crippen LogP contribution in [0.4, 0.5) is 0 Å². The lowest BCUT2D eigenvalue weighted by Gasteiger charge is -2.05. The quantitative estimate of drug-likeness (QED) is 0.285. The normalized spacial score (nSPS) is 11.4. The number of ether oxygens (including phenoxy) is 1. The van der Waals surface area contributed by atoms with Crippen LogP contribution >= 0.6 is 0 Å². The molecule has 0 aliphatic heterocycles. The first kappa shape index (κ1) is 20.0. The van der Waals surface area contributed by atoms with Crippen LogP contribution in [-0.4, -0.2) is 13.7 Å². The summed E-state index contributed by atoms with van der Waals surface area (Å²) in [5, 5.41) is 0. The molecule has 1 heteroatoms. The van der Waals surface area contributed by atoms with Crippen LogP contribution in [0.3, 0.4) is 0 Å². The Morgan fingerprint density at radius 3 is 1.25 bits per heavy atom. The van der Waals surface area contributed by atoms with Crippen LogP contribution in [-0.2, 0) is 4.74 Å². The monoisotopic (exact) mass is 284 g/mol. The summed E-state index contributed by atoms with van der Waals surface area (Å²) in [7, 11) is 1.80. The number of unbranched alkanes of at least 4 members (excludes halogenated alkanes) is 12. The summed E-state index contributed by atoms with van der Waals surface area (Å²) in [5.74, 6) is 0.893. The summed E-state index contributed by atoms with van der Waals surface area (Å²) >= 11 is 0. The van der Waals surface area contributed by atoms with Gasteiger partial charge in [0.05, 0.1) is 0 Å². The first-order chi connectivity index (χ1) is 9.77. The highest BCUT2D eigenvalue weighted by atomic mass is 16.5. The van der Waals surface area contributed by atoms with Gasteiger partial charge in [-0.3, -0.25) is 0 Å². The molecule has 0 amide bonds. The van der Waals surface area contributed by atoms with Gasteiger partial charge in [0.15, 0.2) is 0 Å². The third-order valence-corrected chi connectivity index (χ3v) is 4.13. The van der Waals surface area contributed by atoms with E-state index in [-0.39, 0.29) is 0 Å². The van der Waals surface area contributed by atoms with Gasteiger partial charge >= 0.3 is 0 Å². The Morgan fingerprint density at radius 1 is 0.550 bits per heavy atom. The molecule has 0 aliphatic rings. The Hall–Kier alpha value is -0.0400. The van der Waals surface area contributed by atoms with Gasteiger partial charge in [0.2, 0.25) is 0 Å². The van der Waals surface area contributed by atoms with E-state index in [1.165, 1.54) is 89.9 Å². The molecule has 0 spiro atoms. The molecule has 0 radical (unpaired) electrons. The molecule has 0 unspecified atom stereocenters. The number of rotatable bonds is 16. The average Bonchev–Trinajstić information content (AvgIpc) is 2.43.